The van der Waals surface area contributed by atoms with Gasteiger partial charge in [0.25, 0.3) is 0 Å². The highest BCUT2D eigenvalue weighted by atomic mass is 14.5. The maximum Gasteiger partial charge on any atom is 0.0314 e. The number of aryl methyl sites for hydroxylation is 1. The van der Waals surface area contributed by atoms with Crippen LogP contribution < -0.4 is 5.73 Å². The van der Waals surface area contributed by atoms with Crippen molar-refractivity contribution >= 4 is 11.4 Å². The second kappa shape index (κ2) is 4.65. The normalized spacial score (nSPS) is 9.92. The number of nitrogens with one attached hydrogen (secondary N) is 1. The fourth-order valence-corrected chi connectivity index (χ4v) is 1.24. The molecular formula is C11H16N2. The van der Waals surface area contributed by atoms with Crippen molar-refractivity contribution in [2.45, 2.75) is 26.2 Å². The van der Waals surface area contributed by atoms with Crippen molar-refractivity contribution in [3.05, 3.63) is 29.8 Å². The largest absolute Gasteiger partial charge is 0.399 e. The van der Waals surface area contributed by atoms with E-state index in [1.165, 1.54) is 5.56 Å². The van der Waals surface area contributed by atoms with Crippen LogP contribution in [-0.4, -0.2) is 5.71 Å². The van der Waals surface area contributed by atoms with E-state index in [9.17, 15) is 0 Å². The van der Waals surface area contributed by atoms with Gasteiger partial charge in [0.15, 0.2) is 0 Å². The molecule has 0 aliphatic heterocycles. The molecule has 1 rings (SSSR count). The number of rotatable bonds is 4. The fourth-order valence-electron chi connectivity index (χ4n) is 1.24. The molecule has 0 atom stereocenters. The van der Waals surface area contributed by atoms with Crippen molar-refractivity contribution in [1.82, 2.24) is 0 Å². The zero-order valence-electron chi connectivity index (χ0n) is 8.01. The molecule has 0 aliphatic carbocycles. The first kappa shape index (κ1) is 9.78. The summed E-state index contributed by atoms with van der Waals surface area (Å²) in [6.07, 6.45) is 2.99. The highest BCUT2D eigenvalue weighted by Crippen LogP contribution is 2.08. The van der Waals surface area contributed by atoms with Crippen molar-refractivity contribution in [2.24, 2.45) is 0 Å². The molecule has 0 spiro atoms. The summed E-state index contributed by atoms with van der Waals surface area (Å²) in [5.41, 5.74) is 8.44. The Bertz CT molecular complexity index is 275. The summed E-state index contributed by atoms with van der Waals surface area (Å²) in [6.45, 7) is 1.85. The van der Waals surface area contributed by atoms with Crippen molar-refractivity contribution in [3.8, 4) is 0 Å². The summed E-state index contributed by atoms with van der Waals surface area (Å²) >= 11 is 0. The summed E-state index contributed by atoms with van der Waals surface area (Å²) < 4.78 is 0. The van der Waals surface area contributed by atoms with Gasteiger partial charge in [-0.25, -0.2) is 0 Å². The van der Waals surface area contributed by atoms with Gasteiger partial charge in [0.05, 0.1) is 0 Å². The van der Waals surface area contributed by atoms with Gasteiger partial charge >= 0.3 is 0 Å². The summed E-state index contributed by atoms with van der Waals surface area (Å²) in [4.78, 5) is 0. The van der Waals surface area contributed by atoms with E-state index in [1.54, 1.807) is 0 Å². The lowest BCUT2D eigenvalue weighted by atomic mass is 10.1. The standard InChI is InChI=1S/C11H16N2/c1-9(12)3-2-4-10-5-7-11(13)8-6-10/h5-8,12H,2-4,13H2,1H3. The molecule has 0 fully saturated rings. The molecule has 2 heteroatoms. The van der Waals surface area contributed by atoms with E-state index in [2.05, 4.69) is 12.1 Å². The molecular weight excluding hydrogens is 160 g/mol. The predicted molar refractivity (Wildman–Crippen MR) is 57.2 cm³/mol. The molecule has 0 saturated heterocycles. The Morgan fingerprint density at radius 3 is 2.46 bits per heavy atom. The molecule has 0 radical (unpaired) electrons. The third kappa shape index (κ3) is 3.74. The molecule has 0 unspecified atom stereocenters. The molecule has 0 bridgehead atoms. The summed E-state index contributed by atoms with van der Waals surface area (Å²) in [5, 5.41) is 7.27. The van der Waals surface area contributed by atoms with Crippen LogP contribution in [0.2, 0.25) is 0 Å². The van der Waals surface area contributed by atoms with E-state index in [0.717, 1.165) is 30.7 Å². The Morgan fingerprint density at radius 2 is 1.92 bits per heavy atom. The summed E-state index contributed by atoms with van der Waals surface area (Å²) in [6, 6.07) is 7.95. The molecule has 1 aromatic rings. The van der Waals surface area contributed by atoms with Crippen LogP contribution >= 0.6 is 0 Å². The van der Waals surface area contributed by atoms with Crippen molar-refractivity contribution in [1.29, 1.82) is 5.41 Å². The molecule has 3 N–H and O–H groups in total. The monoisotopic (exact) mass is 176 g/mol. The maximum absolute atomic E-state index is 7.27. The third-order valence-corrected chi connectivity index (χ3v) is 2.00. The first-order valence-electron chi connectivity index (χ1n) is 4.57. The molecule has 0 heterocycles. The van der Waals surface area contributed by atoms with E-state index in [4.69, 9.17) is 11.1 Å². The number of hydrogen-bond acceptors (Lipinski definition) is 2. The minimum Gasteiger partial charge on any atom is -0.399 e. The number of benzene rings is 1. The number of hydrogen-bond donors (Lipinski definition) is 2. The SMILES string of the molecule is CC(=N)CCCc1ccc(N)cc1. The van der Waals surface area contributed by atoms with Crippen molar-refractivity contribution in [3.63, 3.8) is 0 Å². The quantitative estimate of drug-likeness (QED) is 0.537. The predicted octanol–water partition coefficient (Wildman–Crippen LogP) is 2.63. The van der Waals surface area contributed by atoms with Crippen LogP contribution in [0.15, 0.2) is 24.3 Å². The van der Waals surface area contributed by atoms with Gasteiger partial charge in [-0.05, 0) is 43.9 Å². The zero-order chi connectivity index (χ0) is 9.68. The average Bonchev–Trinajstić information content (AvgIpc) is 2.08. The van der Waals surface area contributed by atoms with Gasteiger partial charge in [0.1, 0.15) is 0 Å². The number of anilines is 1. The number of nitrogen functional groups attached to an aromatic ring is 1. The molecule has 13 heavy (non-hydrogen) atoms. The molecule has 0 aromatic heterocycles. The lowest BCUT2D eigenvalue weighted by Crippen LogP contribution is -1.92. The van der Waals surface area contributed by atoms with Crippen molar-refractivity contribution in [2.75, 3.05) is 5.73 Å². The van der Waals surface area contributed by atoms with Crippen LogP contribution in [0.4, 0.5) is 5.69 Å². The van der Waals surface area contributed by atoms with E-state index in [0.29, 0.717) is 0 Å². The Labute approximate surface area is 79.3 Å². The Balaban J connectivity index is 2.37. The first-order chi connectivity index (χ1) is 6.18. The minimum atomic E-state index is 0.760. The second-order valence-electron chi connectivity index (χ2n) is 3.38. The fraction of sp³-hybridized carbons (Fsp3) is 0.364. The zero-order valence-corrected chi connectivity index (χ0v) is 8.01. The average molecular weight is 176 g/mol. The first-order valence-corrected chi connectivity index (χ1v) is 4.57. The van der Waals surface area contributed by atoms with Gasteiger partial charge in [-0.3, -0.25) is 0 Å². The maximum atomic E-state index is 7.27. The van der Waals surface area contributed by atoms with Crippen molar-refractivity contribution < 1.29 is 0 Å². The summed E-state index contributed by atoms with van der Waals surface area (Å²) in [7, 11) is 0. The minimum absolute atomic E-state index is 0.760. The van der Waals surface area contributed by atoms with Crippen LogP contribution in [0.3, 0.4) is 0 Å². The Kier molecular flexibility index (Phi) is 3.50. The molecule has 70 valence electrons. The van der Waals surface area contributed by atoms with Crippen LogP contribution in [0, 0.1) is 5.41 Å². The second-order valence-corrected chi connectivity index (χ2v) is 3.38. The van der Waals surface area contributed by atoms with Gasteiger partial charge in [-0.15, -0.1) is 0 Å². The molecule has 2 nitrogen and oxygen atoms in total. The van der Waals surface area contributed by atoms with Crippen LogP contribution in [-0.2, 0) is 6.42 Å². The molecule has 0 saturated carbocycles. The van der Waals surface area contributed by atoms with E-state index in [-0.39, 0.29) is 0 Å². The van der Waals surface area contributed by atoms with E-state index >= 15 is 0 Å². The Morgan fingerprint density at radius 1 is 1.31 bits per heavy atom. The van der Waals surface area contributed by atoms with E-state index in [1.807, 2.05) is 19.1 Å². The van der Waals surface area contributed by atoms with Crippen LogP contribution in [0.5, 0.6) is 0 Å². The highest BCUT2D eigenvalue weighted by molar-refractivity contribution is 5.78. The lowest BCUT2D eigenvalue weighted by Gasteiger charge is -2.00. The molecule has 0 amide bonds. The van der Waals surface area contributed by atoms with E-state index < -0.39 is 0 Å². The van der Waals surface area contributed by atoms with Gasteiger partial charge < -0.3 is 11.1 Å². The van der Waals surface area contributed by atoms with Crippen LogP contribution in [0.25, 0.3) is 0 Å². The topological polar surface area (TPSA) is 49.9 Å². The number of nitrogens with two attached hydrogens (primary N) is 1. The van der Waals surface area contributed by atoms with Gasteiger partial charge in [-0.2, -0.15) is 0 Å². The Hall–Kier alpha value is -1.31. The molecule has 1 aromatic carbocycles. The molecule has 0 aliphatic rings. The lowest BCUT2D eigenvalue weighted by molar-refractivity contribution is 0.860. The van der Waals surface area contributed by atoms with Crippen LogP contribution in [0.1, 0.15) is 25.3 Å². The smallest absolute Gasteiger partial charge is 0.0314 e. The summed E-state index contributed by atoms with van der Waals surface area (Å²) in [5.74, 6) is 0. The third-order valence-electron chi connectivity index (χ3n) is 2.00. The van der Waals surface area contributed by atoms with Gasteiger partial charge in [0, 0.05) is 11.4 Å². The van der Waals surface area contributed by atoms with Gasteiger partial charge in [-0.1, -0.05) is 12.1 Å². The highest BCUT2D eigenvalue weighted by Gasteiger charge is 1.93. The van der Waals surface area contributed by atoms with Gasteiger partial charge in [0.2, 0.25) is 0 Å².